The Hall–Kier alpha value is -1.94. The molecule has 2 N–H and O–H groups in total. The van der Waals surface area contributed by atoms with Crippen molar-refractivity contribution in [2.75, 3.05) is 33.0 Å². The molecule has 0 aromatic carbocycles. The van der Waals surface area contributed by atoms with Gasteiger partial charge in [-0.1, -0.05) is 11.8 Å². The van der Waals surface area contributed by atoms with Crippen LogP contribution in [0.15, 0.2) is 18.3 Å². The number of amides is 1. The fourth-order valence-corrected chi connectivity index (χ4v) is 1.77. The molecule has 1 aromatic heterocycles. The summed E-state index contributed by atoms with van der Waals surface area (Å²) < 4.78 is 10.7. The van der Waals surface area contributed by atoms with E-state index in [0.29, 0.717) is 44.0 Å². The molecule has 112 valence electrons. The average molecular weight is 290 g/mol. The van der Waals surface area contributed by atoms with Crippen LogP contribution in [0.3, 0.4) is 0 Å². The van der Waals surface area contributed by atoms with E-state index in [0.717, 1.165) is 0 Å². The molecular formula is C15H18N2O4. The van der Waals surface area contributed by atoms with Gasteiger partial charge >= 0.3 is 0 Å². The van der Waals surface area contributed by atoms with Gasteiger partial charge in [0.15, 0.2) is 0 Å². The fraction of sp³-hybridized carbons (Fsp3) is 0.467. The van der Waals surface area contributed by atoms with E-state index in [9.17, 15) is 4.79 Å². The van der Waals surface area contributed by atoms with E-state index in [4.69, 9.17) is 14.6 Å². The van der Waals surface area contributed by atoms with Crippen LogP contribution in [0.25, 0.3) is 0 Å². The Labute approximate surface area is 123 Å². The van der Waals surface area contributed by atoms with Gasteiger partial charge < -0.3 is 19.9 Å². The molecule has 2 heterocycles. The van der Waals surface area contributed by atoms with Crippen molar-refractivity contribution < 1.29 is 19.4 Å². The predicted molar refractivity (Wildman–Crippen MR) is 75.7 cm³/mol. The predicted octanol–water partition coefficient (Wildman–Crippen LogP) is -0.0393. The summed E-state index contributed by atoms with van der Waals surface area (Å²) in [7, 11) is 0. The maximum absolute atomic E-state index is 11.9. The number of pyridine rings is 1. The van der Waals surface area contributed by atoms with Gasteiger partial charge in [0, 0.05) is 24.7 Å². The van der Waals surface area contributed by atoms with Gasteiger partial charge in [0.2, 0.25) is 0 Å². The van der Waals surface area contributed by atoms with Crippen LogP contribution in [0, 0.1) is 11.8 Å². The number of hydrogen-bond acceptors (Lipinski definition) is 5. The van der Waals surface area contributed by atoms with E-state index in [1.54, 1.807) is 18.3 Å². The smallest absolute Gasteiger partial charge is 0.269 e. The highest BCUT2D eigenvalue weighted by Crippen LogP contribution is 2.01. The summed E-state index contributed by atoms with van der Waals surface area (Å²) >= 11 is 0. The van der Waals surface area contributed by atoms with Crippen LogP contribution in [-0.4, -0.2) is 55.1 Å². The largest absolute Gasteiger partial charge is 0.395 e. The van der Waals surface area contributed by atoms with Crippen LogP contribution in [-0.2, 0) is 9.47 Å². The highest BCUT2D eigenvalue weighted by molar-refractivity contribution is 5.92. The summed E-state index contributed by atoms with van der Waals surface area (Å²) in [6.07, 6.45) is 1.86. The van der Waals surface area contributed by atoms with Crippen LogP contribution in [0.4, 0.5) is 0 Å². The van der Waals surface area contributed by atoms with Gasteiger partial charge in [0.1, 0.15) is 5.69 Å². The number of rotatable bonds is 4. The van der Waals surface area contributed by atoms with Crippen LogP contribution in [0.2, 0.25) is 0 Å². The van der Waals surface area contributed by atoms with Gasteiger partial charge in [-0.2, -0.15) is 0 Å². The van der Waals surface area contributed by atoms with Crippen molar-refractivity contribution in [2.45, 2.75) is 12.5 Å². The van der Waals surface area contributed by atoms with Gasteiger partial charge in [-0.3, -0.25) is 4.79 Å². The molecular weight excluding hydrogens is 272 g/mol. The summed E-state index contributed by atoms with van der Waals surface area (Å²) in [6, 6.07) is 3.35. The second-order valence-electron chi connectivity index (χ2n) is 4.49. The van der Waals surface area contributed by atoms with Crippen molar-refractivity contribution in [3.63, 3.8) is 0 Å². The Morgan fingerprint density at radius 2 is 2.38 bits per heavy atom. The van der Waals surface area contributed by atoms with Crippen LogP contribution in [0.1, 0.15) is 22.5 Å². The van der Waals surface area contributed by atoms with E-state index in [2.05, 4.69) is 22.1 Å². The quantitative estimate of drug-likeness (QED) is 0.761. The zero-order chi connectivity index (χ0) is 14.9. The first-order chi connectivity index (χ1) is 10.3. The number of aliphatic hydroxyl groups is 1. The van der Waals surface area contributed by atoms with Crippen LogP contribution in [0.5, 0.6) is 0 Å². The minimum atomic E-state index is -0.251. The van der Waals surface area contributed by atoms with Gasteiger partial charge in [0.05, 0.1) is 32.5 Å². The third-order valence-electron chi connectivity index (χ3n) is 2.84. The second-order valence-corrected chi connectivity index (χ2v) is 4.49. The molecule has 2 rings (SSSR count). The molecule has 6 nitrogen and oxygen atoms in total. The number of hydrogen-bond donors (Lipinski definition) is 2. The lowest BCUT2D eigenvalue weighted by molar-refractivity contribution is -0.0855. The van der Waals surface area contributed by atoms with E-state index in [1.807, 2.05) is 0 Å². The molecule has 0 aliphatic carbocycles. The molecule has 1 saturated heterocycles. The fourth-order valence-electron chi connectivity index (χ4n) is 1.77. The minimum absolute atomic E-state index is 0.0356. The number of aliphatic hydroxyl groups excluding tert-OH is 1. The molecule has 6 heteroatoms. The summed E-state index contributed by atoms with van der Waals surface area (Å²) in [4.78, 5) is 16.0. The third kappa shape index (κ3) is 5.16. The first-order valence-electron chi connectivity index (χ1n) is 6.83. The number of ether oxygens (including phenoxy) is 2. The van der Waals surface area contributed by atoms with E-state index in [-0.39, 0.29) is 18.6 Å². The molecule has 21 heavy (non-hydrogen) atoms. The Morgan fingerprint density at radius 3 is 3.05 bits per heavy atom. The lowest BCUT2D eigenvalue weighted by atomic mass is 10.2. The second kappa shape index (κ2) is 8.37. The maximum Gasteiger partial charge on any atom is 0.269 e. The number of aromatic nitrogens is 1. The third-order valence-corrected chi connectivity index (χ3v) is 2.84. The van der Waals surface area contributed by atoms with Crippen molar-refractivity contribution in [2.24, 2.45) is 0 Å². The normalized spacial score (nSPS) is 17.7. The molecule has 1 amide bonds. The van der Waals surface area contributed by atoms with Crippen molar-refractivity contribution in [1.29, 1.82) is 0 Å². The van der Waals surface area contributed by atoms with Gasteiger partial charge in [-0.25, -0.2) is 4.98 Å². The molecule has 0 bridgehead atoms. The molecule has 1 atom stereocenters. The monoisotopic (exact) mass is 290 g/mol. The molecule has 0 spiro atoms. The zero-order valence-corrected chi connectivity index (χ0v) is 11.7. The molecule has 1 aromatic rings. The van der Waals surface area contributed by atoms with Crippen LogP contribution < -0.4 is 5.32 Å². The highest BCUT2D eigenvalue weighted by atomic mass is 16.6. The molecule has 1 unspecified atom stereocenters. The summed E-state index contributed by atoms with van der Waals surface area (Å²) in [6.45, 7) is 2.09. The molecule has 1 fully saturated rings. The topological polar surface area (TPSA) is 80.7 Å². The molecule has 1 aliphatic rings. The summed E-state index contributed by atoms with van der Waals surface area (Å²) in [5.74, 6) is 5.40. The standard InChI is InChI=1S/C15H18N2O4/c18-6-2-1-3-12-4-5-14(16-9-12)15(19)17-10-13-11-20-7-8-21-13/h4-5,9,13,18H,2,6-8,10-11H2,(H,17,19). The first kappa shape index (κ1) is 15.4. The Kier molecular flexibility index (Phi) is 6.16. The number of nitrogens with zero attached hydrogens (tertiary/aromatic N) is 1. The Bertz CT molecular complexity index is 513. The highest BCUT2D eigenvalue weighted by Gasteiger charge is 2.16. The summed E-state index contributed by atoms with van der Waals surface area (Å²) in [5, 5.41) is 11.4. The number of nitrogens with one attached hydrogen (secondary N) is 1. The van der Waals surface area contributed by atoms with E-state index >= 15 is 0 Å². The Morgan fingerprint density at radius 1 is 1.48 bits per heavy atom. The zero-order valence-electron chi connectivity index (χ0n) is 11.7. The molecule has 0 saturated carbocycles. The van der Waals surface area contributed by atoms with E-state index in [1.165, 1.54) is 0 Å². The Balaban J connectivity index is 1.83. The van der Waals surface area contributed by atoms with Crippen molar-refractivity contribution in [3.8, 4) is 11.8 Å². The average Bonchev–Trinajstić information content (AvgIpc) is 2.54. The molecule has 1 aliphatic heterocycles. The first-order valence-corrected chi connectivity index (χ1v) is 6.83. The number of carbonyl (C=O) groups excluding carboxylic acids is 1. The van der Waals surface area contributed by atoms with Crippen molar-refractivity contribution in [3.05, 3.63) is 29.6 Å². The van der Waals surface area contributed by atoms with E-state index < -0.39 is 0 Å². The maximum atomic E-state index is 11.9. The van der Waals surface area contributed by atoms with Crippen LogP contribution >= 0.6 is 0 Å². The van der Waals surface area contributed by atoms with Gasteiger partial charge in [-0.15, -0.1) is 0 Å². The minimum Gasteiger partial charge on any atom is -0.395 e. The van der Waals surface area contributed by atoms with Crippen molar-refractivity contribution in [1.82, 2.24) is 10.3 Å². The van der Waals surface area contributed by atoms with Crippen molar-refractivity contribution >= 4 is 5.91 Å². The lowest BCUT2D eigenvalue weighted by Gasteiger charge is -2.22. The number of carbonyl (C=O) groups is 1. The molecule has 0 radical (unpaired) electrons. The lowest BCUT2D eigenvalue weighted by Crippen LogP contribution is -2.39. The van der Waals surface area contributed by atoms with Gasteiger partial charge in [0.25, 0.3) is 5.91 Å². The SMILES string of the molecule is O=C(NCC1COCCO1)c1ccc(C#CCCO)cn1. The summed E-state index contributed by atoms with van der Waals surface area (Å²) in [5.41, 5.74) is 1.04. The van der Waals surface area contributed by atoms with Gasteiger partial charge in [-0.05, 0) is 12.1 Å².